The number of hydrogen-bond donors (Lipinski definition) is 1. The maximum Gasteiger partial charge on any atom is 0.264 e. The second kappa shape index (κ2) is 10.7. The average Bonchev–Trinajstić information content (AvgIpc) is 2.82. The quantitative estimate of drug-likeness (QED) is 0.462. The number of rotatable bonds is 9. The summed E-state index contributed by atoms with van der Waals surface area (Å²) in [4.78, 5) is 13.0. The number of anilines is 1. The summed E-state index contributed by atoms with van der Waals surface area (Å²) < 4.78 is 33.1. The standard InChI is InChI=1S/C25H27ClN2O4S/c1-4-19-8-10-20(11-9-19)18(2)27-25(29)17-28(22-7-5-6-21(26)16-22)33(30,31)24-14-12-23(32-3)13-15-24/h5-16,18H,4,17H2,1-3H3,(H,27,29). The van der Waals surface area contributed by atoms with Gasteiger partial charge in [0.05, 0.1) is 23.7 Å². The maximum atomic E-state index is 13.5. The number of carbonyl (C=O) groups excluding carboxylic acids is 1. The summed E-state index contributed by atoms with van der Waals surface area (Å²) in [6.07, 6.45) is 0.929. The molecule has 0 fully saturated rings. The number of nitrogens with zero attached hydrogens (tertiary/aromatic N) is 1. The minimum Gasteiger partial charge on any atom is -0.497 e. The van der Waals surface area contributed by atoms with Crippen molar-refractivity contribution in [3.8, 4) is 5.75 Å². The van der Waals surface area contributed by atoms with Crippen molar-refractivity contribution in [3.05, 3.63) is 88.9 Å². The van der Waals surface area contributed by atoms with E-state index in [-0.39, 0.29) is 10.9 Å². The minimum atomic E-state index is -4.04. The molecular weight excluding hydrogens is 460 g/mol. The van der Waals surface area contributed by atoms with Gasteiger partial charge in [0.25, 0.3) is 10.0 Å². The van der Waals surface area contributed by atoms with Crippen LogP contribution in [-0.4, -0.2) is 28.0 Å². The van der Waals surface area contributed by atoms with Gasteiger partial charge in [-0.25, -0.2) is 8.42 Å². The fraction of sp³-hybridized carbons (Fsp3) is 0.240. The molecule has 0 aliphatic heterocycles. The molecule has 33 heavy (non-hydrogen) atoms. The maximum absolute atomic E-state index is 13.5. The molecule has 0 aromatic heterocycles. The number of sulfonamides is 1. The third-order valence-electron chi connectivity index (χ3n) is 5.30. The molecule has 1 amide bonds. The van der Waals surface area contributed by atoms with Gasteiger partial charge in [-0.05, 0) is 66.9 Å². The molecule has 0 aliphatic rings. The van der Waals surface area contributed by atoms with E-state index >= 15 is 0 Å². The molecule has 0 saturated carbocycles. The summed E-state index contributed by atoms with van der Waals surface area (Å²) in [5, 5.41) is 3.26. The predicted molar refractivity (Wildman–Crippen MR) is 131 cm³/mol. The monoisotopic (exact) mass is 486 g/mol. The fourth-order valence-electron chi connectivity index (χ4n) is 3.36. The summed E-state index contributed by atoms with van der Waals surface area (Å²) in [5.74, 6) is 0.100. The molecule has 0 spiro atoms. The van der Waals surface area contributed by atoms with E-state index < -0.39 is 22.5 Å². The minimum absolute atomic E-state index is 0.0410. The van der Waals surface area contributed by atoms with Crippen LogP contribution in [0.15, 0.2) is 77.7 Å². The van der Waals surface area contributed by atoms with Crippen LogP contribution >= 0.6 is 11.6 Å². The van der Waals surface area contributed by atoms with Gasteiger partial charge in [-0.15, -0.1) is 0 Å². The van der Waals surface area contributed by atoms with E-state index in [9.17, 15) is 13.2 Å². The summed E-state index contributed by atoms with van der Waals surface area (Å²) in [6, 6.07) is 20.1. The van der Waals surface area contributed by atoms with Crippen molar-refractivity contribution in [1.29, 1.82) is 0 Å². The van der Waals surface area contributed by atoms with Gasteiger partial charge >= 0.3 is 0 Å². The van der Waals surface area contributed by atoms with Gasteiger partial charge in [0.15, 0.2) is 0 Å². The Morgan fingerprint density at radius 3 is 2.30 bits per heavy atom. The third kappa shape index (κ3) is 6.06. The van der Waals surface area contributed by atoms with Crippen LogP contribution in [0.4, 0.5) is 5.69 Å². The Hall–Kier alpha value is -3.03. The number of hydrogen-bond acceptors (Lipinski definition) is 4. The third-order valence-corrected chi connectivity index (χ3v) is 7.32. The van der Waals surface area contributed by atoms with Crippen molar-refractivity contribution >= 4 is 33.2 Å². The second-order valence-corrected chi connectivity index (χ2v) is 9.85. The van der Waals surface area contributed by atoms with Crippen LogP contribution in [0.3, 0.4) is 0 Å². The summed E-state index contributed by atoms with van der Waals surface area (Å²) in [7, 11) is -2.54. The number of benzene rings is 3. The highest BCUT2D eigenvalue weighted by molar-refractivity contribution is 7.92. The van der Waals surface area contributed by atoms with Crippen LogP contribution in [0.2, 0.25) is 5.02 Å². The van der Waals surface area contributed by atoms with Gasteiger partial charge in [0, 0.05) is 5.02 Å². The van der Waals surface area contributed by atoms with E-state index in [0.29, 0.717) is 16.5 Å². The smallest absolute Gasteiger partial charge is 0.264 e. The van der Waals surface area contributed by atoms with Crippen molar-refractivity contribution in [2.75, 3.05) is 18.0 Å². The lowest BCUT2D eigenvalue weighted by atomic mass is 10.1. The van der Waals surface area contributed by atoms with Crippen LogP contribution in [0.1, 0.15) is 31.0 Å². The van der Waals surface area contributed by atoms with Crippen molar-refractivity contribution < 1.29 is 17.9 Å². The van der Waals surface area contributed by atoms with Crippen LogP contribution < -0.4 is 14.4 Å². The lowest BCUT2D eigenvalue weighted by Crippen LogP contribution is -2.41. The van der Waals surface area contributed by atoms with E-state index in [1.54, 1.807) is 30.3 Å². The van der Waals surface area contributed by atoms with E-state index in [0.717, 1.165) is 16.3 Å². The van der Waals surface area contributed by atoms with E-state index in [4.69, 9.17) is 16.3 Å². The number of methoxy groups -OCH3 is 1. The summed E-state index contributed by atoms with van der Waals surface area (Å²) in [6.45, 7) is 3.54. The van der Waals surface area contributed by atoms with Gasteiger partial charge < -0.3 is 10.1 Å². The zero-order valence-corrected chi connectivity index (χ0v) is 20.4. The Bertz CT molecular complexity index is 1200. The molecule has 3 aromatic rings. The Kier molecular flexibility index (Phi) is 8.00. The van der Waals surface area contributed by atoms with Gasteiger partial charge in [0.2, 0.25) is 5.91 Å². The summed E-state index contributed by atoms with van der Waals surface area (Å²) >= 11 is 6.11. The first-order chi connectivity index (χ1) is 15.7. The zero-order valence-electron chi connectivity index (χ0n) is 18.8. The fourth-order valence-corrected chi connectivity index (χ4v) is 4.96. The average molecular weight is 487 g/mol. The molecule has 1 N–H and O–H groups in total. The Balaban J connectivity index is 1.87. The van der Waals surface area contributed by atoms with Crippen molar-refractivity contribution in [1.82, 2.24) is 5.32 Å². The van der Waals surface area contributed by atoms with Gasteiger partial charge in [-0.3, -0.25) is 9.10 Å². The lowest BCUT2D eigenvalue weighted by molar-refractivity contribution is -0.120. The van der Waals surface area contributed by atoms with E-state index in [1.807, 2.05) is 31.2 Å². The Labute approximate surface area is 200 Å². The molecule has 1 unspecified atom stereocenters. The van der Waals surface area contributed by atoms with E-state index in [1.165, 1.54) is 30.9 Å². The highest BCUT2D eigenvalue weighted by Crippen LogP contribution is 2.27. The predicted octanol–water partition coefficient (Wildman–Crippen LogP) is 4.98. The molecule has 3 rings (SSSR count). The first kappa shape index (κ1) is 24.6. The molecule has 3 aromatic carbocycles. The highest BCUT2D eigenvalue weighted by atomic mass is 35.5. The van der Waals surface area contributed by atoms with Gasteiger partial charge in [-0.2, -0.15) is 0 Å². The number of amides is 1. The molecule has 0 aliphatic carbocycles. The van der Waals surface area contributed by atoms with Crippen LogP contribution in [-0.2, 0) is 21.2 Å². The topological polar surface area (TPSA) is 75.7 Å². The molecule has 8 heteroatoms. The first-order valence-corrected chi connectivity index (χ1v) is 12.4. The Morgan fingerprint density at radius 2 is 1.73 bits per heavy atom. The number of ether oxygens (including phenoxy) is 1. The number of halogens is 1. The van der Waals surface area contributed by atoms with E-state index in [2.05, 4.69) is 12.2 Å². The molecule has 174 valence electrons. The van der Waals surface area contributed by atoms with Gasteiger partial charge in [0.1, 0.15) is 12.3 Å². The zero-order chi connectivity index (χ0) is 24.0. The van der Waals surface area contributed by atoms with Crippen LogP contribution in [0, 0.1) is 0 Å². The normalized spacial score (nSPS) is 12.1. The van der Waals surface area contributed by atoms with Gasteiger partial charge in [-0.1, -0.05) is 48.9 Å². The summed E-state index contributed by atoms with van der Waals surface area (Å²) in [5.41, 5.74) is 2.44. The molecule has 0 radical (unpaired) electrons. The molecular formula is C25H27ClN2O4S. The molecule has 0 bridgehead atoms. The highest BCUT2D eigenvalue weighted by Gasteiger charge is 2.28. The molecule has 1 atom stereocenters. The van der Waals surface area contributed by atoms with Crippen molar-refractivity contribution in [2.24, 2.45) is 0 Å². The Morgan fingerprint density at radius 1 is 1.06 bits per heavy atom. The number of aryl methyl sites for hydroxylation is 1. The van der Waals surface area contributed by atoms with Crippen molar-refractivity contribution in [3.63, 3.8) is 0 Å². The SMILES string of the molecule is CCc1ccc(C(C)NC(=O)CN(c2cccc(Cl)c2)S(=O)(=O)c2ccc(OC)cc2)cc1. The number of carbonyl (C=O) groups is 1. The van der Waals surface area contributed by atoms with Crippen molar-refractivity contribution in [2.45, 2.75) is 31.2 Å². The molecule has 0 heterocycles. The van der Waals surface area contributed by atoms with Crippen LogP contribution in [0.25, 0.3) is 0 Å². The molecule has 0 saturated heterocycles. The largest absolute Gasteiger partial charge is 0.497 e. The second-order valence-electron chi connectivity index (χ2n) is 7.55. The number of nitrogens with one attached hydrogen (secondary N) is 1. The lowest BCUT2D eigenvalue weighted by Gasteiger charge is -2.25. The van der Waals surface area contributed by atoms with Crippen LogP contribution in [0.5, 0.6) is 5.75 Å². The first-order valence-electron chi connectivity index (χ1n) is 10.5. The molecule has 6 nitrogen and oxygen atoms in total.